The van der Waals surface area contributed by atoms with Gasteiger partial charge in [0.15, 0.2) is 0 Å². The molecular weight excluding hydrogens is 374 g/mol. The minimum atomic E-state index is -0.558. The van der Waals surface area contributed by atoms with Gasteiger partial charge in [-0.25, -0.2) is 0 Å². The maximum absolute atomic E-state index is 11.7. The van der Waals surface area contributed by atoms with Gasteiger partial charge in [0.1, 0.15) is 5.75 Å². The first-order valence-electron chi connectivity index (χ1n) is 11.4. The van der Waals surface area contributed by atoms with Crippen LogP contribution in [0.2, 0.25) is 0 Å². The molecule has 3 rings (SSSR count). The molecule has 30 heavy (non-hydrogen) atoms. The molecule has 0 fully saturated rings. The Labute approximate surface area is 180 Å². The largest absolute Gasteiger partial charge is 0.494 e. The summed E-state index contributed by atoms with van der Waals surface area (Å²) in [6, 6.07) is 13.4. The van der Waals surface area contributed by atoms with E-state index in [0.29, 0.717) is 11.3 Å². The Morgan fingerprint density at radius 3 is 2.00 bits per heavy atom. The summed E-state index contributed by atoms with van der Waals surface area (Å²) in [5.41, 5.74) is 3.02. The highest BCUT2D eigenvalue weighted by molar-refractivity contribution is 6.51. The third-order valence-electron chi connectivity index (χ3n) is 5.67. The van der Waals surface area contributed by atoms with Crippen molar-refractivity contribution in [2.45, 2.75) is 71.1 Å². The lowest BCUT2D eigenvalue weighted by molar-refractivity contribution is -0.112. The van der Waals surface area contributed by atoms with Crippen molar-refractivity contribution < 1.29 is 14.3 Å². The minimum absolute atomic E-state index is 0.445. The molecule has 0 aliphatic carbocycles. The summed E-state index contributed by atoms with van der Waals surface area (Å²) in [4.78, 5) is 23.2. The van der Waals surface area contributed by atoms with Crippen LogP contribution < -0.4 is 10.1 Å². The number of hydrogen-bond donors (Lipinski definition) is 1. The number of ketones is 1. The second kappa shape index (κ2) is 11.5. The van der Waals surface area contributed by atoms with Crippen LogP contribution in [0.15, 0.2) is 42.5 Å². The van der Waals surface area contributed by atoms with Gasteiger partial charge >= 0.3 is 0 Å². The van der Waals surface area contributed by atoms with Crippen molar-refractivity contribution in [2.75, 3.05) is 11.9 Å². The first kappa shape index (κ1) is 22.1. The van der Waals surface area contributed by atoms with Crippen molar-refractivity contribution in [3.8, 4) is 16.9 Å². The number of hydrogen-bond acceptors (Lipinski definition) is 3. The molecule has 1 aliphatic heterocycles. The van der Waals surface area contributed by atoms with E-state index in [9.17, 15) is 9.59 Å². The van der Waals surface area contributed by atoms with Gasteiger partial charge in [0.25, 0.3) is 11.7 Å². The van der Waals surface area contributed by atoms with Crippen molar-refractivity contribution in [1.29, 1.82) is 0 Å². The number of anilines is 1. The maximum atomic E-state index is 11.7. The van der Waals surface area contributed by atoms with E-state index in [2.05, 4.69) is 12.2 Å². The first-order valence-corrected chi connectivity index (χ1v) is 11.4. The maximum Gasteiger partial charge on any atom is 0.296 e. The van der Waals surface area contributed by atoms with Gasteiger partial charge in [-0.2, -0.15) is 0 Å². The molecule has 0 atom stereocenters. The highest BCUT2D eigenvalue weighted by atomic mass is 16.5. The number of fused-ring (bicyclic) bond motifs is 1. The Balaban J connectivity index is 1.34. The number of carbonyl (C=O) groups excluding carboxylic acids is 2. The quantitative estimate of drug-likeness (QED) is 0.294. The van der Waals surface area contributed by atoms with E-state index in [1.54, 1.807) is 6.07 Å². The van der Waals surface area contributed by atoms with Crippen LogP contribution in [0.5, 0.6) is 5.75 Å². The standard InChI is InChI=1S/C26H33NO3/c1-2-3-4-5-6-7-8-9-10-11-18-30-22-15-12-20(13-16-22)21-14-17-23-24(19-21)27-26(29)25(23)28/h12-17,19H,2-11,18H2,1H3,(H,27,28,29). The molecule has 1 aliphatic rings. The second-order valence-corrected chi connectivity index (χ2v) is 8.10. The number of rotatable bonds is 13. The number of carbonyl (C=O) groups is 2. The molecule has 2 aromatic rings. The monoisotopic (exact) mass is 407 g/mol. The fourth-order valence-electron chi connectivity index (χ4n) is 3.85. The van der Waals surface area contributed by atoms with Gasteiger partial charge < -0.3 is 10.1 Å². The van der Waals surface area contributed by atoms with E-state index in [4.69, 9.17) is 4.74 Å². The molecule has 0 unspecified atom stereocenters. The Morgan fingerprint density at radius 1 is 0.733 bits per heavy atom. The van der Waals surface area contributed by atoms with E-state index in [1.807, 2.05) is 36.4 Å². The fourth-order valence-corrected chi connectivity index (χ4v) is 3.85. The lowest BCUT2D eigenvalue weighted by atomic mass is 10.0. The molecule has 0 bridgehead atoms. The molecule has 0 saturated carbocycles. The normalized spacial score (nSPS) is 12.7. The van der Waals surface area contributed by atoms with Crippen molar-refractivity contribution in [3.05, 3.63) is 48.0 Å². The topological polar surface area (TPSA) is 55.4 Å². The summed E-state index contributed by atoms with van der Waals surface area (Å²) < 4.78 is 5.87. The molecule has 160 valence electrons. The molecule has 0 saturated heterocycles. The average molecular weight is 408 g/mol. The minimum Gasteiger partial charge on any atom is -0.494 e. The number of unbranched alkanes of at least 4 members (excludes halogenated alkanes) is 9. The second-order valence-electron chi connectivity index (χ2n) is 8.10. The van der Waals surface area contributed by atoms with Crippen LogP contribution in [0.1, 0.15) is 81.5 Å². The van der Waals surface area contributed by atoms with Crippen molar-refractivity contribution in [3.63, 3.8) is 0 Å². The lowest BCUT2D eigenvalue weighted by Crippen LogP contribution is -2.12. The van der Waals surface area contributed by atoms with Crippen molar-refractivity contribution in [1.82, 2.24) is 0 Å². The number of amides is 1. The van der Waals surface area contributed by atoms with Gasteiger partial charge in [0.05, 0.1) is 17.9 Å². The zero-order chi connectivity index (χ0) is 21.2. The van der Waals surface area contributed by atoms with Gasteiger partial charge in [-0.1, -0.05) is 82.9 Å². The molecule has 4 nitrogen and oxygen atoms in total. The highest BCUT2D eigenvalue weighted by Gasteiger charge is 2.27. The number of nitrogens with one attached hydrogen (secondary N) is 1. The van der Waals surface area contributed by atoms with Crippen LogP contribution >= 0.6 is 0 Å². The van der Waals surface area contributed by atoms with Crippen LogP contribution in [-0.2, 0) is 4.79 Å². The molecule has 0 spiro atoms. The fraction of sp³-hybridized carbons (Fsp3) is 0.462. The summed E-state index contributed by atoms with van der Waals surface area (Å²) >= 11 is 0. The summed E-state index contributed by atoms with van der Waals surface area (Å²) in [6.07, 6.45) is 13.2. The average Bonchev–Trinajstić information content (AvgIpc) is 3.05. The van der Waals surface area contributed by atoms with Crippen LogP contribution in [0.3, 0.4) is 0 Å². The van der Waals surface area contributed by atoms with Crippen LogP contribution in [0.4, 0.5) is 5.69 Å². The zero-order valence-corrected chi connectivity index (χ0v) is 18.0. The Morgan fingerprint density at radius 2 is 1.33 bits per heavy atom. The molecule has 4 heteroatoms. The molecule has 0 aromatic heterocycles. The first-order chi connectivity index (χ1) is 14.7. The van der Waals surface area contributed by atoms with Gasteiger partial charge in [0.2, 0.25) is 0 Å². The Kier molecular flexibility index (Phi) is 8.49. The Bertz CT molecular complexity index is 842. The van der Waals surface area contributed by atoms with Gasteiger partial charge in [0, 0.05) is 0 Å². The molecule has 2 aromatic carbocycles. The smallest absolute Gasteiger partial charge is 0.296 e. The number of ether oxygens (including phenoxy) is 1. The van der Waals surface area contributed by atoms with E-state index in [1.165, 1.54) is 57.8 Å². The third-order valence-corrected chi connectivity index (χ3v) is 5.67. The van der Waals surface area contributed by atoms with E-state index < -0.39 is 11.7 Å². The number of Topliss-reactive ketones (excluding diaryl/α,β-unsaturated/α-hetero) is 1. The van der Waals surface area contributed by atoms with Crippen molar-refractivity contribution in [2.24, 2.45) is 0 Å². The van der Waals surface area contributed by atoms with E-state index in [0.717, 1.165) is 29.9 Å². The van der Waals surface area contributed by atoms with Gasteiger partial charge in [-0.3, -0.25) is 9.59 Å². The molecule has 0 radical (unpaired) electrons. The number of benzene rings is 2. The summed E-state index contributed by atoms with van der Waals surface area (Å²) in [5, 5.41) is 2.62. The summed E-state index contributed by atoms with van der Waals surface area (Å²) in [7, 11) is 0. The van der Waals surface area contributed by atoms with Gasteiger partial charge in [-0.05, 0) is 41.8 Å². The molecule has 1 heterocycles. The van der Waals surface area contributed by atoms with E-state index >= 15 is 0 Å². The molecule has 1 amide bonds. The van der Waals surface area contributed by atoms with Gasteiger partial charge in [-0.15, -0.1) is 0 Å². The predicted molar refractivity (Wildman–Crippen MR) is 122 cm³/mol. The SMILES string of the molecule is CCCCCCCCCCCCOc1ccc(-c2ccc3c(c2)NC(=O)C3=O)cc1. The molecule has 1 N–H and O–H groups in total. The third kappa shape index (κ3) is 6.19. The Hall–Kier alpha value is -2.62. The summed E-state index contributed by atoms with van der Waals surface area (Å²) in [5.74, 6) is -0.149. The zero-order valence-electron chi connectivity index (χ0n) is 18.0. The van der Waals surface area contributed by atoms with E-state index in [-0.39, 0.29) is 0 Å². The predicted octanol–water partition coefficient (Wildman–Crippen LogP) is 6.79. The lowest BCUT2D eigenvalue weighted by Gasteiger charge is -2.08. The van der Waals surface area contributed by atoms with Crippen LogP contribution in [0.25, 0.3) is 11.1 Å². The van der Waals surface area contributed by atoms with Crippen LogP contribution in [0, 0.1) is 0 Å². The summed E-state index contributed by atoms with van der Waals surface area (Å²) in [6.45, 7) is 3.01. The molecular formula is C26H33NO3. The van der Waals surface area contributed by atoms with Crippen molar-refractivity contribution >= 4 is 17.4 Å². The highest BCUT2D eigenvalue weighted by Crippen LogP contribution is 2.30. The van der Waals surface area contributed by atoms with Crippen LogP contribution in [-0.4, -0.2) is 18.3 Å².